The second-order valence-corrected chi connectivity index (χ2v) is 11.4. The van der Waals surface area contributed by atoms with Crippen molar-refractivity contribution in [3.63, 3.8) is 0 Å². The number of aliphatic carboxylic acids is 1. The Balaban J connectivity index is 1.80. The van der Waals surface area contributed by atoms with E-state index in [-0.39, 0.29) is 18.7 Å². The molecule has 0 aromatic heterocycles. The van der Waals surface area contributed by atoms with Gasteiger partial charge in [-0.05, 0) is 59.2 Å². The molecule has 2 N–H and O–H groups in total. The number of nitrogens with one attached hydrogen (secondary N) is 1. The largest absolute Gasteiger partial charge is 0.481 e. The topological polar surface area (TPSA) is 136 Å². The molecule has 1 aliphatic heterocycles. The van der Waals surface area contributed by atoms with E-state index in [0.717, 1.165) is 10.6 Å². The SMILES string of the molecule is CN(C)C(=O)CN(c1ccc(N=C(c2cccc(CC(=O)O)c2)C2C(=O)Nc3cc(F)ccc32)cc1)S(C)(=O)=O. The second kappa shape index (κ2) is 11.3. The van der Waals surface area contributed by atoms with E-state index >= 15 is 0 Å². The highest BCUT2D eigenvalue weighted by Gasteiger charge is 2.36. The van der Waals surface area contributed by atoms with Crippen molar-refractivity contribution in [2.45, 2.75) is 12.3 Å². The maximum absolute atomic E-state index is 13.9. The van der Waals surface area contributed by atoms with Crippen molar-refractivity contribution in [2.24, 2.45) is 4.99 Å². The predicted molar refractivity (Wildman–Crippen MR) is 149 cm³/mol. The Kier molecular flexibility index (Phi) is 8.01. The summed E-state index contributed by atoms with van der Waals surface area (Å²) in [4.78, 5) is 42.7. The fourth-order valence-corrected chi connectivity index (χ4v) is 5.16. The number of carbonyl (C=O) groups excluding carboxylic acids is 2. The number of carboxylic acids is 1. The third kappa shape index (κ3) is 6.34. The molecule has 12 heteroatoms. The molecule has 2 amide bonds. The summed E-state index contributed by atoms with van der Waals surface area (Å²) in [6.45, 7) is -0.383. The monoisotopic (exact) mass is 566 g/mol. The summed E-state index contributed by atoms with van der Waals surface area (Å²) in [5, 5.41) is 11.9. The normalized spacial score (nSPS) is 14.8. The molecule has 10 nitrogen and oxygen atoms in total. The lowest BCUT2D eigenvalue weighted by molar-refractivity contribution is -0.136. The van der Waals surface area contributed by atoms with Crippen molar-refractivity contribution >= 4 is 50.6 Å². The molecule has 1 unspecified atom stereocenters. The van der Waals surface area contributed by atoms with E-state index in [2.05, 4.69) is 5.32 Å². The zero-order valence-corrected chi connectivity index (χ0v) is 22.8. The van der Waals surface area contributed by atoms with E-state index in [1.807, 2.05) is 0 Å². The summed E-state index contributed by atoms with van der Waals surface area (Å²) in [5.41, 5.74) is 2.74. The summed E-state index contributed by atoms with van der Waals surface area (Å²) in [6.07, 6.45) is 0.769. The summed E-state index contributed by atoms with van der Waals surface area (Å²) in [5.74, 6) is -3.28. The molecule has 0 aliphatic carbocycles. The highest BCUT2D eigenvalue weighted by atomic mass is 32.2. The molecule has 3 aromatic carbocycles. The number of carboxylic acid groups (broad SMARTS) is 1. The number of fused-ring (bicyclic) bond motifs is 1. The number of carbonyl (C=O) groups is 3. The minimum atomic E-state index is -3.78. The average Bonchev–Trinajstić information content (AvgIpc) is 3.19. The molecule has 0 saturated heterocycles. The van der Waals surface area contributed by atoms with E-state index < -0.39 is 39.5 Å². The zero-order valence-electron chi connectivity index (χ0n) is 22.0. The van der Waals surface area contributed by atoms with Crippen LogP contribution in [0.1, 0.15) is 22.6 Å². The Morgan fingerprint density at radius 2 is 1.75 bits per heavy atom. The maximum atomic E-state index is 13.9. The Morgan fingerprint density at radius 1 is 1.05 bits per heavy atom. The van der Waals surface area contributed by atoms with Gasteiger partial charge in [0.05, 0.1) is 29.8 Å². The number of likely N-dealkylation sites (N-methyl/N-ethyl adjacent to an activating group) is 1. The first kappa shape index (κ1) is 28.4. The van der Waals surface area contributed by atoms with Crippen molar-refractivity contribution in [2.75, 3.05) is 36.5 Å². The number of nitrogens with zero attached hydrogens (tertiary/aromatic N) is 3. The van der Waals surface area contributed by atoms with Crippen LogP contribution in [0.2, 0.25) is 0 Å². The molecular weight excluding hydrogens is 539 g/mol. The molecule has 0 radical (unpaired) electrons. The van der Waals surface area contributed by atoms with E-state index in [1.54, 1.807) is 36.4 Å². The van der Waals surface area contributed by atoms with Gasteiger partial charge in [-0.25, -0.2) is 12.8 Å². The van der Waals surface area contributed by atoms with Gasteiger partial charge in [0.2, 0.25) is 21.8 Å². The van der Waals surface area contributed by atoms with E-state index in [0.29, 0.717) is 33.8 Å². The van der Waals surface area contributed by atoms with Gasteiger partial charge in [0.15, 0.2) is 0 Å². The third-order valence-electron chi connectivity index (χ3n) is 6.26. The van der Waals surface area contributed by atoms with Gasteiger partial charge in [0.25, 0.3) is 0 Å². The van der Waals surface area contributed by atoms with Crippen molar-refractivity contribution in [3.8, 4) is 0 Å². The van der Waals surface area contributed by atoms with Gasteiger partial charge in [-0.1, -0.05) is 24.3 Å². The molecule has 0 saturated carbocycles. The van der Waals surface area contributed by atoms with Crippen LogP contribution in [-0.2, 0) is 30.8 Å². The van der Waals surface area contributed by atoms with Crippen LogP contribution >= 0.6 is 0 Å². The molecule has 1 heterocycles. The summed E-state index contributed by atoms with van der Waals surface area (Å²) in [7, 11) is -0.725. The fraction of sp³-hybridized carbons (Fsp3) is 0.214. The van der Waals surface area contributed by atoms with E-state index in [1.165, 1.54) is 49.3 Å². The summed E-state index contributed by atoms with van der Waals surface area (Å²) in [6, 6.07) is 16.7. The van der Waals surface area contributed by atoms with Crippen LogP contribution in [0.3, 0.4) is 0 Å². The number of hydrogen-bond donors (Lipinski definition) is 2. The van der Waals surface area contributed by atoms with E-state index in [9.17, 15) is 32.3 Å². The van der Waals surface area contributed by atoms with Crippen LogP contribution < -0.4 is 9.62 Å². The lowest BCUT2D eigenvalue weighted by Gasteiger charge is -2.23. The zero-order chi connectivity index (χ0) is 29.2. The highest BCUT2D eigenvalue weighted by Crippen LogP contribution is 2.37. The Bertz CT molecular complexity index is 1620. The maximum Gasteiger partial charge on any atom is 0.307 e. The van der Waals surface area contributed by atoms with Crippen LogP contribution in [0, 0.1) is 5.82 Å². The van der Waals surface area contributed by atoms with Crippen LogP contribution in [0.15, 0.2) is 71.7 Å². The summed E-state index contributed by atoms with van der Waals surface area (Å²) >= 11 is 0. The minimum Gasteiger partial charge on any atom is -0.481 e. The average molecular weight is 567 g/mol. The Labute approximate surface area is 230 Å². The quantitative estimate of drug-likeness (QED) is 0.382. The minimum absolute atomic E-state index is 0.235. The van der Waals surface area contributed by atoms with Gasteiger partial charge in [0.1, 0.15) is 18.3 Å². The number of rotatable bonds is 9. The number of anilines is 2. The second-order valence-electron chi connectivity index (χ2n) is 9.50. The van der Waals surface area contributed by atoms with Crippen molar-refractivity contribution < 1.29 is 32.3 Å². The van der Waals surface area contributed by atoms with Crippen LogP contribution in [0.25, 0.3) is 0 Å². The molecule has 208 valence electrons. The van der Waals surface area contributed by atoms with Crippen LogP contribution in [0.5, 0.6) is 0 Å². The van der Waals surface area contributed by atoms with Crippen LogP contribution in [-0.4, -0.2) is 68.8 Å². The number of sulfonamides is 1. The molecule has 3 aromatic rings. The number of amides is 2. The van der Waals surface area contributed by atoms with Gasteiger partial charge in [-0.3, -0.25) is 23.7 Å². The Hall–Kier alpha value is -4.58. The molecule has 4 rings (SSSR count). The lowest BCUT2D eigenvalue weighted by Crippen LogP contribution is -2.39. The first-order valence-corrected chi connectivity index (χ1v) is 14.0. The first-order chi connectivity index (χ1) is 18.8. The van der Waals surface area contributed by atoms with Gasteiger partial charge in [0, 0.05) is 19.8 Å². The lowest BCUT2D eigenvalue weighted by atomic mass is 9.89. The summed E-state index contributed by atoms with van der Waals surface area (Å²) < 4.78 is 39.7. The molecule has 40 heavy (non-hydrogen) atoms. The van der Waals surface area contributed by atoms with Gasteiger partial charge in [-0.15, -0.1) is 0 Å². The molecule has 0 bridgehead atoms. The number of aliphatic imine (C=N–C) groups is 1. The number of halogens is 1. The number of hydrogen-bond acceptors (Lipinski definition) is 6. The van der Waals surface area contributed by atoms with E-state index in [4.69, 9.17) is 4.99 Å². The molecular formula is C28H27FN4O6S. The van der Waals surface area contributed by atoms with Crippen LogP contribution in [0.4, 0.5) is 21.5 Å². The smallest absolute Gasteiger partial charge is 0.307 e. The van der Waals surface area contributed by atoms with Gasteiger partial charge < -0.3 is 15.3 Å². The van der Waals surface area contributed by atoms with Gasteiger partial charge in [-0.2, -0.15) is 0 Å². The van der Waals surface area contributed by atoms with Crippen molar-refractivity contribution in [3.05, 3.63) is 89.2 Å². The predicted octanol–water partition coefficient (Wildman–Crippen LogP) is 3.16. The molecule has 0 spiro atoms. The van der Waals surface area contributed by atoms with Gasteiger partial charge >= 0.3 is 5.97 Å². The highest BCUT2D eigenvalue weighted by molar-refractivity contribution is 7.92. The number of benzene rings is 3. The van der Waals surface area contributed by atoms with Crippen molar-refractivity contribution in [1.29, 1.82) is 0 Å². The Morgan fingerprint density at radius 3 is 2.38 bits per heavy atom. The molecule has 1 atom stereocenters. The van der Waals surface area contributed by atoms with Crippen molar-refractivity contribution in [1.82, 2.24) is 4.90 Å². The first-order valence-electron chi connectivity index (χ1n) is 12.1. The standard InChI is InChI=1S/C28H27FN4O6S/c1-32(2)24(34)16-33(40(3,38)39)21-10-8-20(9-11-21)30-27(18-6-4-5-17(13-18)14-25(35)36)26-22-12-7-19(29)15-23(22)31-28(26)37/h4-13,15,26H,14,16H2,1-3H3,(H,31,37)(H,35,36). The fourth-order valence-electron chi connectivity index (χ4n) is 4.31. The molecule has 0 fully saturated rings. The molecule has 1 aliphatic rings. The third-order valence-corrected chi connectivity index (χ3v) is 7.40.